The van der Waals surface area contributed by atoms with E-state index in [1.165, 1.54) is 0 Å². The first-order valence-electron chi connectivity index (χ1n) is 4.53. The molecule has 74 valence electrons. The maximum Gasteiger partial charge on any atom is 0.172 e. The molecule has 0 spiro atoms. The Balaban J connectivity index is 2.28. The molecule has 3 heteroatoms. The lowest BCUT2D eigenvalue weighted by Gasteiger charge is -2.05. The van der Waals surface area contributed by atoms with Crippen LogP contribution in [0.4, 0.5) is 0 Å². The minimum atomic E-state index is 0.307. The first-order chi connectivity index (χ1) is 7.40. The fraction of sp³-hybridized carbons (Fsp3) is 0. The second kappa shape index (κ2) is 4.37. The molecule has 0 N–H and O–H groups in total. The minimum Gasteiger partial charge on any atom is -0.455 e. The number of rotatable bonds is 3. The maximum atomic E-state index is 10.7. The number of para-hydroxylation sites is 1. The Kier molecular flexibility index (Phi) is 2.74. The van der Waals surface area contributed by atoms with Crippen molar-refractivity contribution in [1.82, 2.24) is 4.98 Å². The van der Waals surface area contributed by atoms with Crippen molar-refractivity contribution >= 4 is 6.29 Å². The standard InChI is InChI=1S/C12H9NO2/c14-9-11-12(7-4-8-13-11)15-10-5-2-1-3-6-10/h1-9H. The van der Waals surface area contributed by atoms with Gasteiger partial charge in [0.25, 0.3) is 0 Å². The summed E-state index contributed by atoms with van der Waals surface area (Å²) < 4.78 is 5.51. The summed E-state index contributed by atoms with van der Waals surface area (Å²) in [6.07, 6.45) is 2.24. The second-order valence-electron chi connectivity index (χ2n) is 2.92. The minimum absolute atomic E-state index is 0.307. The molecule has 0 aliphatic rings. The van der Waals surface area contributed by atoms with E-state index < -0.39 is 0 Å². The molecule has 1 heterocycles. The van der Waals surface area contributed by atoms with E-state index in [1.54, 1.807) is 18.3 Å². The lowest BCUT2D eigenvalue weighted by atomic mass is 10.3. The molecular formula is C12H9NO2. The van der Waals surface area contributed by atoms with E-state index in [1.807, 2.05) is 30.3 Å². The van der Waals surface area contributed by atoms with Gasteiger partial charge in [-0.3, -0.25) is 4.79 Å². The average molecular weight is 199 g/mol. The molecule has 0 atom stereocenters. The van der Waals surface area contributed by atoms with Gasteiger partial charge in [0.2, 0.25) is 0 Å². The predicted octanol–water partition coefficient (Wildman–Crippen LogP) is 2.69. The van der Waals surface area contributed by atoms with Crippen molar-refractivity contribution in [2.24, 2.45) is 0 Å². The first kappa shape index (κ1) is 9.40. The van der Waals surface area contributed by atoms with Gasteiger partial charge < -0.3 is 4.74 Å². The molecule has 0 saturated heterocycles. The molecule has 0 aliphatic heterocycles. The Bertz CT molecular complexity index is 454. The second-order valence-corrected chi connectivity index (χ2v) is 2.92. The van der Waals surface area contributed by atoms with Crippen LogP contribution in [-0.4, -0.2) is 11.3 Å². The number of ether oxygens (including phenoxy) is 1. The SMILES string of the molecule is O=Cc1ncccc1Oc1ccccc1. The van der Waals surface area contributed by atoms with Crippen molar-refractivity contribution in [2.75, 3.05) is 0 Å². The number of hydrogen-bond donors (Lipinski definition) is 0. The molecule has 1 aromatic carbocycles. The smallest absolute Gasteiger partial charge is 0.172 e. The van der Waals surface area contributed by atoms with E-state index in [-0.39, 0.29) is 0 Å². The van der Waals surface area contributed by atoms with Crippen LogP contribution in [0.1, 0.15) is 10.5 Å². The van der Waals surface area contributed by atoms with Gasteiger partial charge in [0.1, 0.15) is 11.4 Å². The Morgan fingerprint density at radius 2 is 1.87 bits per heavy atom. The number of carbonyl (C=O) groups is 1. The van der Waals surface area contributed by atoms with Crippen molar-refractivity contribution in [3.8, 4) is 11.5 Å². The molecule has 2 aromatic rings. The number of aldehydes is 1. The van der Waals surface area contributed by atoms with Crippen LogP contribution in [0.2, 0.25) is 0 Å². The van der Waals surface area contributed by atoms with Gasteiger partial charge in [-0.25, -0.2) is 4.98 Å². The molecule has 3 nitrogen and oxygen atoms in total. The van der Waals surface area contributed by atoms with Crippen molar-refractivity contribution in [3.63, 3.8) is 0 Å². The van der Waals surface area contributed by atoms with Crippen molar-refractivity contribution in [2.45, 2.75) is 0 Å². The van der Waals surface area contributed by atoms with Crippen molar-refractivity contribution in [1.29, 1.82) is 0 Å². The lowest BCUT2D eigenvalue weighted by Crippen LogP contribution is -1.92. The highest BCUT2D eigenvalue weighted by Gasteiger charge is 2.03. The number of pyridine rings is 1. The van der Waals surface area contributed by atoms with Crippen molar-refractivity contribution < 1.29 is 9.53 Å². The fourth-order valence-corrected chi connectivity index (χ4v) is 1.19. The fourth-order valence-electron chi connectivity index (χ4n) is 1.19. The first-order valence-corrected chi connectivity index (χ1v) is 4.53. The predicted molar refractivity (Wildman–Crippen MR) is 56.1 cm³/mol. The van der Waals surface area contributed by atoms with E-state index in [9.17, 15) is 4.79 Å². The number of carbonyl (C=O) groups excluding carboxylic acids is 1. The van der Waals surface area contributed by atoms with Crippen LogP contribution in [-0.2, 0) is 0 Å². The number of hydrogen-bond acceptors (Lipinski definition) is 3. The lowest BCUT2D eigenvalue weighted by molar-refractivity contribution is 0.111. The largest absolute Gasteiger partial charge is 0.455 e. The van der Waals surface area contributed by atoms with Gasteiger partial charge >= 0.3 is 0 Å². The third kappa shape index (κ3) is 2.20. The van der Waals surface area contributed by atoms with E-state index in [2.05, 4.69) is 4.98 Å². The zero-order valence-electron chi connectivity index (χ0n) is 7.96. The summed E-state index contributed by atoms with van der Waals surface area (Å²) in [5.41, 5.74) is 0.307. The van der Waals surface area contributed by atoms with Crippen LogP contribution in [0.15, 0.2) is 48.7 Å². The summed E-state index contributed by atoms with van der Waals surface area (Å²) in [5, 5.41) is 0. The molecule has 0 amide bonds. The van der Waals surface area contributed by atoms with Crippen LogP contribution in [0.3, 0.4) is 0 Å². The quantitative estimate of drug-likeness (QED) is 0.713. The highest BCUT2D eigenvalue weighted by atomic mass is 16.5. The Hall–Kier alpha value is -2.16. The summed E-state index contributed by atoms with van der Waals surface area (Å²) in [5.74, 6) is 1.16. The third-order valence-electron chi connectivity index (χ3n) is 1.88. The highest BCUT2D eigenvalue weighted by Crippen LogP contribution is 2.21. The molecule has 0 radical (unpaired) electrons. The zero-order valence-corrected chi connectivity index (χ0v) is 7.96. The zero-order chi connectivity index (χ0) is 10.5. The Labute approximate surface area is 87.3 Å². The van der Waals surface area contributed by atoms with E-state index >= 15 is 0 Å². The molecule has 0 unspecified atom stereocenters. The summed E-state index contributed by atoms with van der Waals surface area (Å²) in [6, 6.07) is 12.7. The van der Waals surface area contributed by atoms with Crippen LogP contribution >= 0.6 is 0 Å². The molecular weight excluding hydrogens is 190 g/mol. The van der Waals surface area contributed by atoms with Crippen LogP contribution in [0, 0.1) is 0 Å². The summed E-state index contributed by atoms with van der Waals surface area (Å²) in [7, 11) is 0. The molecule has 1 aromatic heterocycles. The topological polar surface area (TPSA) is 39.2 Å². The third-order valence-corrected chi connectivity index (χ3v) is 1.88. The van der Waals surface area contributed by atoms with E-state index in [0.29, 0.717) is 23.5 Å². The Morgan fingerprint density at radius 3 is 2.60 bits per heavy atom. The van der Waals surface area contributed by atoms with Crippen LogP contribution in [0.25, 0.3) is 0 Å². The van der Waals surface area contributed by atoms with Crippen LogP contribution in [0.5, 0.6) is 11.5 Å². The Morgan fingerprint density at radius 1 is 1.07 bits per heavy atom. The van der Waals surface area contributed by atoms with Gasteiger partial charge in [-0.2, -0.15) is 0 Å². The van der Waals surface area contributed by atoms with E-state index in [4.69, 9.17) is 4.74 Å². The molecule has 0 fully saturated rings. The normalized spacial score (nSPS) is 9.60. The summed E-state index contributed by atoms with van der Waals surface area (Å²) in [4.78, 5) is 14.6. The number of benzene rings is 1. The molecule has 0 aliphatic carbocycles. The van der Waals surface area contributed by atoms with Gasteiger partial charge in [0, 0.05) is 6.20 Å². The van der Waals surface area contributed by atoms with Gasteiger partial charge in [-0.1, -0.05) is 18.2 Å². The molecule has 0 saturated carbocycles. The van der Waals surface area contributed by atoms with Gasteiger partial charge in [0.05, 0.1) is 0 Å². The van der Waals surface area contributed by atoms with Crippen LogP contribution < -0.4 is 4.74 Å². The van der Waals surface area contributed by atoms with Gasteiger partial charge in [0.15, 0.2) is 12.0 Å². The van der Waals surface area contributed by atoms with Gasteiger partial charge in [-0.15, -0.1) is 0 Å². The van der Waals surface area contributed by atoms with Gasteiger partial charge in [-0.05, 0) is 24.3 Å². The monoisotopic (exact) mass is 199 g/mol. The van der Waals surface area contributed by atoms with Crippen molar-refractivity contribution in [3.05, 3.63) is 54.4 Å². The molecule has 15 heavy (non-hydrogen) atoms. The number of aromatic nitrogens is 1. The molecule has 0 bridgehead atoms. The number of nitrogens with zero attached hydrogens (tertiary/aromatic N) is 1. The maximum absolute atomic E-state index is 10.7. The summed E-state index contributed by atoms with van der Waals surface area (Å²) in [6.45, 7) is 0. The highest BCUT2D eigenvalue weighted by molar-refractivity contribution is 5.76. The summed E-state index contributed by atoms with van der Waals surface area (Å²) >= 11 is 0. The van der Waals surface area contributed by atoms with E-state index in [0.717, 1.165) is 0 Å². The molecule has 2 rings (SSSR count). The average Bonchev–Trinajstić information content (AvgIpc) is 2.31.